The molecule has 2 aromatic rings. The molecule has 88 valence electrons. The number of primary amides is 1. The Kier molecular flexibility index (Phi) is 3.10. The third kappa shape index (κ3) is 2.45. The van der Waals surface area contributed by atoms with E-state index in [0.717, 1.165) is 5.56 Å². The zero-order valence-corrected chi connectivity index (χ0v) is 9.29. The summed E-state index contributed by atoms with van der Waals surface area (Å²) in [5.74, 6) is -0.125. The van der Waals surface area contributed by atoms with Crippen molar-refractivity contribution in [1.82, 2.24) is 25.1 Å². The lowest BCUT2D eigenvalue weighted by Crippen LogP contribution is -2.10. The molecule has 0 fully saturated rings. The summed E-state index contributed by atoms with van der Waals surface area (Å²) in [6.07, 6.45) is 6.28. The predicted molar refractivity (Wildman–Crippen MR) is 60.4 cm³/mol. The van der Waals surface area contributed by atoms with Crippen LogP contribution in [0.2, 0.25) is 0 Å². The molecule has 0 radical (unpaired) electrons. The lowest BCUT2D eigenvalue weighted by molar-refractivity contribution is 0.100. The van der Waals surface area contributed by atoms with E-state index in [0.29, 0.717) is 18.1 Å². The maximum absolute atomic E-state index is 10.9. The van der Waals surface area contributed by atoms with Crippen molar-refractivity contribution in [1.29, 1.82) is 0 Å². The molecule has 0 aliphatic carbocycles. The number of carbonyl (C=O) groups is 1. The first-order valence-electron chi connectivity index (χ1n) is 5.01. The highest BCUT2D eigenvalue weighted by Crippen LogP contribution is 2.03. The largest absolute Gasteiger partial charge is 0.366 e. The fraction of sp³-hybridized carbons (Fsp3) is 0.200. The number of hydrogen-bond donors (Lipinski definition) is 2. The molecule has 2 aromatic heterocycles. The van der Waals surface area contributed by atoms with Gasteiger partial charge in [0, 0.05) is 30.7 Å². The van der Waals surface area contributed by atoms with Gasteiger partial charge in [0.2, 0.25) is 5.95 Å². The summed E-state index contributed by atoms with van der Waals surface area (Å²) in [5, 5.41) is 6.96. The molecule has 1 amide bonds. The Balaban J connectivity index is 2.23. The molecule has 0 atom stereocenters. The van der Waals surface area contributed by atoms with E-state index >= 15 is 0 Å². The maximum atomic E-state index is 10.9. The van der Waals surface area contributed by atoms with Crippen LogP contribution in [-0.2, 0) is 6.54 Å². The van der Waals surface area contributed by atoms with Crippen LogP contribution in [0.25, 0.3) is 5.95 Å². The number of rotatable bonds is 4. The Morgan fingerprint density at radius 2 is 2.12 bits per heavy atom. The summed E-state index contributed by atoms with van der Waals surface area (Å²) in [6, 6.07) is 0. The highest BCUT2D eigenvalue weighted by molar-refractivity contribution is 5.92. The van der Waals surface area contributed by atoms with Crippen LogP contribution < -0.4 is 11.1 Å². The Bertz CT molecular complexity index is 518. The third-order valence-electron chi connectivity index (χ3n) is 2.14. The van der Waals surface area contributed by atoms with Crippen LogP contribution in [0.3, 0.4) is 0 Å². The van der Waals surface area contributed by atoms with Crippen LogP contribution in [0, 0.1) is 0 Å². The lowest BCUT2D eigenvalue weighted by Gasteiger charge is -2.01. The Morgan fingerprint density at radius 1 is 1.41 bits per heavy atom. The molecule has 0 spiro atoms. The maximum Gasteiger partial charge on any atom is 0.251 e. The standard InChI is InChI=1S/C10H12N6O/c1-12-2-7-3-13-10(14-4-7)16-6-8(5-15-16)9(11)17/h3-6,12H,2H2,1H3,(H2,11,17). The van der Waals surface area contributed by atoms with Crippen LogP contribution >= 0.6 is 0 Å². The van der Waals surface area contributed by atoms with Crippen molar-refractivity contribution in [3.8, 4) is 5.95 Å². The van der Waals surface area contributed by atoms with Gasteiger partial charge in [0.15, 0.2) is 0 Å². The van der Waals surface area contributed by atoms with Gasteiger partial charge in [-0.05, 0) is 7.05 Å². The number of nitrogens with one attached hydrogen (secondary N) is 1. The van der Waals surface area contributed by atoms with Gasteiger partial charge < -0.3 is 11.1 Å². The second kappa shape index (κ2) is 4.71. The van der Waals surface area contributed by atoms with Gasteiger partial charge in [-0.1, -0.05) is 0 Å². The van der Waals surface area contributed by atoms with E-state index in [1.165, 1.54) is 17.1 Å². The number of carbonyl (C=O) groups excluding carboxylic acids is 1. The van der Waals surface area contributed by atoms with Crippen LogP contribution in [0.15, 0.2) is 24.8 Å². The zero-order chi connectivity index (χ0) is 12.3. The van der Waals surface area contributed by atoms with E-state index in [2.05, 4.69) is 20.4 Å². The van der Waals surface area contributed by atoms with Crippen LogP contribution in [0.1, 0.15) is 15.9 Å². The Labute approximate surface area is 97.7 Å². The molecule has 0 saturated carbocycles. The van der Waals surface area contributed by atoms with E-state index in [1.54, 1.807) is 12.4 Å². The quantitative estimate of drug-likeness (QED) is 0.739. The monoisotopic (exact) mass is 232 g/mol. The fourth-order valence-electron chi connectivity index (χ4n) is 1.32. The molecule has 3 N–H and O–H groups in total. The topological polar surface area (TPSA) is 98.7 Å². The molecular formula is C10H12N6O. The Hall–Kier alpha value is -2.28. The van der Waals surface area contributed by atoms with Crippen molar-refractivity contribution in [2.24, 2.45) is 5.73 Å². The number of amides is 1. The van der Waals surface area contributed by atoms with Crippen molar-refractivity contribution < 1.29 is 4.79 Å². The average molecular weight is 232 g/mol. The lowest BCUT2D eigenvalue weighted by atomic mass is 10.3. The van der Waals surface area contributed by atoms with Gasteiger partial charge in [-0.15, -0.1) is 0 Å². The van der Waals surface area contributed by atoms with E-state index in [1.807, 2.05) is 7.05 Å². The number of nitrogens with zero attached hydrogens (tertiary/aromatic N) is 4. The summed E-state index contributed by atoms with van der Waals surface area (Å²) < 4.78 is 1.41. The van der Waals surface area contributed by atoms with Crippen LogP contribution in [0.5, 0.6) is 0 Å². The first-order valence-corrected chi connectivity index (χ1v) is 5.01. The Morgan fingerprint density at radius 3 is 2.65 bits per heavy atom. The second-order valence-corrected chi connectivity index (χ2v) is 3.46. The van der Waals surface area contributed by atoms with Gasteiger partial charge in [-0.25, -0.2) is 14.6 Å². The van der Waals surface area contributed by atoms with Crippen LogP contribution in [-0.4, -0.2) is 32.7 Å². The minimum atomic E-state index is -0.525. The van der Waals surface area contributed by atoms with Crippen molar-refractivity contribution >= 4 is 5.91 Å². The number of aromatic nitrogens is 4. The minimum Gasteiger partial charge on any atom is -0.366 e. The van der Waals surface area contributed by atoms with Gasteiger partial charge >= 0.3 is 0 Å². The second-order valence-electron chi connectivity index (χ2n) is 3.46. The van der Waals surface area contributed by atoms with Gasteiger partial charge in [0.1, 0.15) is 0 Å². The summed E-state index contributed by atoms with van der Waals surface area (Å²) in [5.41, 5.74) is 6.43. The summed E-state index contributed by atoms with van der Waals surface area (Å²) in [7, 11) is 1.85. The SMILES string of the molecule is CNCc1cnc(-n2cc(C(N)=O)cn2)nc1. The molecule has 17 heavy (non-hydrogen) atoms. The van der Waals surface area contributed by atoms with Gasteiger partial charge in [-0.2, -0.15) is 5.10 Å². The molecular weight excluding hydrogens is 220 g/mol. The molecule has 7 heteroatoms. The van der Waals surface area contributed by atoms with Gasteiger partial charge in [-0.3, -0.25) is 4.79 Å². The number of nitrogens with two attached hydrogens (primary N) is 1. The van der Waals surface area contributed by atoms with Crippen LogP contribution in [0.4, 0.5) is 0 Å². The van der Waals surface area contributed by atoms with E-state index in [9.17, 15) is 4.79 Å². The highest BCUT2D eigenvalue weighted by Gasteiger charge is 2.06. The fourth-order valence-corrected chi connectivity index (χ4v) is 1.32. The van der Waals surface area contributed by atoms with Gasteiger partial charge in [0.05, 0.1) is 11.8 Å². The third-order valence-corrected chi connectivity index (χ3v) is 2.14. The molecule has 0 unspecified atom stereocenters. The molecule has 0 aliphatic heterocycles. The predicted octanol–water partition coefficient (Wildman–Crippen LogP) is -0.519. The smallest absolute Gasteiger partial charge is 0.251 e. The number of hydrogen-bond acceptors (Lipinski definition) is 5. The zero-order valence-electron chi connectivity index (χ0n) is 9.29. The molecule has 0 saturated heterocycles. The van der Waals surface area contributed by atoms with E-state index in [4.69, 9.17) is 5.73 Å². The first-order chi connectivity index (χ1) is 8.20. The molecule has 0 bridgehead atoms. The minimum absolute atomic E-state index is 0.327. The van der Waals surface area contributed by atoms with Gasteiger partial charge in [0.25, 0.3) is 5.91 Å². The van der Waals surface area contributed by atoms with Crippen molar-refractivity contribution in [2.45, 2.75) is 6.54 Å². The van der Waals surface area contributed by atoms with E-state index in [-0.39, 0.29) is 0 Å². The molecule has 0 aromatic carbocycles. The van der Waals surface area contributed by atoms with E-state index < -0.39 is 5.91 Å². The average Bonchev–Trinajstić information content (AvgIpc) is 2.80. The summed E-state index contributed by atoms with van der Waals surface area (Å²) in [4.78, 5) is 19.2. The van der Waals surface area contributed by atoms with Crippen molar-refractivity contribution in [3.63, 3.8) is 0 Å². The highest BCUT2D eigenvalue weighted by atomic mass is 16.1. The molecule has 0 aliphatic rings. The molecule has 2 heterocycles. The first kappa shape index (κ1) is 11.2. The van der Waals surface area contributed by atoms with Crippen molar-refractivity contribution in [3.05, 3.63) is 35.9 Å². The summed E-state index contributed by atoms with van der Waals surface area (Å²) >= 11 is 0. The summed E-state index contributed by atoms with van der Waals surface area (Å²) in [6.45, 7) is 0.700. The van der Waals surface area contributed by atoms with Crippen molar-refractivity contribution in [2.75, 3.05) is 7.05 Å². The normalized spacial score (nSPS) is 10.4. The molecule has 7 nitrogen and oxygen atoms in total. The molecule has 2 rings (SSSR count).